The predicted molar refractivity (Wildman–Crippen MR) is 34.9 cm³/mol. The highest BCUT2D eigenvalue weighted by atomic mass is 19.1. The van der Waals surface area contributed by atoms with Crippen molar-refractivity contribution in [1.82, 2.24) is 0 Å². The van der Waals surface area contributed by atoms with Crippen LogP contribution < -0.4 is 0 Å². The van der Waals surface area contributed by atoms with Crippen LogP contribution in [0, 0.1) is 0 Å². The van der Waals surface area contributed by atoms with Crippen LogP contribution in [0.15, 0.2) is 0 Å². The second kappa shape index (κ2) is 2.75. The molecule has 0 aliphatic carbocycles. The summed E-state index contributed by atoms with van der Waals surface area (Å²) in [6.07, 6.45) is 0. The number of alkyl halides is 1. The van der Waals surface area contributed by atoms with Gasteiger partial charge in [0.1, 0.15) is 12.3 Å². The van der Waals surface area contributed by atoms with Gasteiger partial charge in [-0.05, 0) is 13.8 Å². The van der Waals surface area contributed by atoms with Crippen LogP contribution in [0.1, 0.15) is 13.8 Å². The molecule has 0 aromatic carbocycles. The minimum absolute atomic E-state index is 1.03. The van der Waals surface area contributed by atoms with Crippen molar-refractivity contribution in [1.29, 1.82) is 0 Å². The van der Waals surface area contributed by atoms with Crippen molar-refractivity contribution in [2.75, 3.05) is 6.67 Å². The Morgan fingerprint density at radius 3 is 1.82 bits per heavy atom. The average molecular weight is 166 g/mol. The van der Waals surface area contributed by atoms with Crippen LogP contribution >= 0.6 is 0 Å². The largest absolute Gasteiger partial charge is 0.479 e. The van der Waals surface area contributed by atoms with Gasteiger partial charge in [-0.2, -0.15) is 0 Å². The van der Waals surface area contributed by atoms with Crippen molar-refractivity contribution >= 4 is 5.97 Å². The maximum atomic E-state index is 12.0. The van der Waals surface area contributed by atoms with E-state index in [2.05, 4.69) is 0 Å². The van der Waals surface area contributed by atoms with Gasteiger partial charge in [-0.1, -0.05) is 0 Å². The highest BCUT2D eigenvalue weighted by Crippen LogP contribution is 2.22. The molecule has 0 aliphatic rings. The number of hydrogen-bond donors (Lipinski definition) is 3. The molecule has 0 aliphatic heterocycles. The fourth-order valence-corrected chi connectivity index (χ4v) is 0.482. The van der Waals surface area contributed by atoms with Gasteiger partial charge >= 0.3 is 5.97 Å². The van der Waals surface area contributed by atoms with Gasteiger partial charge < -0.3 is 15.3 Å². The van der Waals surface area contributed by atoms with Gasteiger partial charge in [-0.25, -0.2) is 9.18 Å². The first-order chi connectivity index (χ1) is 4.75. The number of aliphatic carboxylic acids is 1. The molecule has 0 saturated heterocycles. The second-order valence-electron chi connectivity index (χ2n) is 2.86. The Hall–Kier alpha value is -0.680. The average Bonchev–Trinajstić information content (AvgIpc) is 1.83. The zero-order chi connectivity index (χ0) is 9.28. The third-order valence-corrected chi connectivity index (χ3v) is 1.56. The topological polar surface area (TPSA) is 77.8 Å². The van der Waals surface area contributed by atoms with Crippen LogP contribution in [0.2, 0.25) is 0 Å². The lowest BCUT2D eigenvalue weighted by Crippen LogP contribution is -2.57. The molecule has 0 radical (unpaired) electrons. The molecule has 4 nitrogen and oxygen atoms in total. The molecule has 0 fully saturated rings. The third-order valence-electron chi connectivity index (χ3n) is 1.56. The van der Waals surface area contributed by atoms with Crippen LogP contribution in [0.3, 0.4) is 0 Å². The number of aliphatic hydroxyl groups is 2. The number of rotatable bonds is 3. The second-order valence-corrected chi connectivity index (χ2v) is 2.86. The molecule has 0 bridgehead atoms. The summed E-state index contributed by atoms with van der Waals surface area (Å²) in [6.45, 7) is 0.535. The molecular formula is C6H11FO4. The molecule has 0 aromatic heterocycles. The van der Waals surface area contributed by atoms with E-state index in [1.54, 1.807) is 0 Å². The lowest BCUT2D eigenvalue weighted by Gasteiger charge is -2.32. The van der Waals surface area contributed by atoms with E-state index < -0.39 is 23.8 Å². The highest BCUT2D eigenvalue weighted by Gasteiger charge is 2.49. The fourth-order valence-electron chi connectivity index (χ4n) is 0.482. The molecule has 66 valence electrons. The van der Waals surface area contributed by atoms with Crippen LogP contribution in [0.25, 0.3) is 0 Å². The third kappa shape index (κ3) is 1.66. The number of carbonyl (C=O) groups is 1. The van der Waals surface area contributed by atoms with E-state index in [9.17, 15) is 9.18 Å². The van der Waals surface area contributed by atoms with E-state index in [1.807, 2.05) is 0 Å². The molecule has 0 rings (SSSR count). The Kier molecular flexibility index (Phi) is 2.58. The Balaban J connectivity index is 4.75. The maximum absolute atomic E-state index is 12.0. The summed E-state index contributed by atoms with van der Waals surface area (Å²) in [5.41, 5.74) is -4.71. The van der Waals surface area contributed by atoms with Gasteiger partial charge in [0.05, 0.1) is 0 Å². The van der Waals surface area contributed by atoms with Crippen LogP contribution in [-0.4, -0.2) is 39.2 Å². The minimum Gasteiger partial charge on any atom is -0.479 e. The molecule has 0 heterocycles. The normalized spacial score (nSPS) is 17.5. The maximum Gasteiger partial charge on any atom is 0.341 e. The van der Waals surface area contributed by atoms with Gasteiger partial charge in [0.15, 0.2) is 0 Å². The summed E-state index contributed by atoms with van der Waals surface area (Å²) < 4.78 is 12.0. The van der Waals surface area contributed by atoms with Crippen molar-refractivity contribution in [2.24, 2.45) is 0 Å². The summed E-state index contributed by atoms with van der Waals surface area (Å²) in [5.74, 6) is -1.77. The van der Waals surface area contributed by atoms with E-state index in [4.69, 9.17) is 15.3 Å². The Morgan fingerprint density at radius 2 is 1.82 bits per heavy atom. The minimum atomic E-state index is -2.72. The van der Waals surface area contributed by atoms with Crippen molar-refractivity contribution in [2.45, 2.75) is 25.0 Å². The zero-order valence-electron chi connectivity index (χ0n) is 6.33. The van der Waals surface area contributed by atoms with Gasteiger partial charge in [0, 0.05) is 0 Å². The molecule has 0 saturated carbocycles. The SMILES string of the molecule is CC(C)(O)C(O)(CF)C(=O)O. The van der Waals surface area contributed by atoms with Crippen LogP contribution in [-0.2, 0) is 4.79 Å². The monoisotopic (exact) mass is 166 g/mol. The first-order valence-corrected chi connectivity index (χ1v) is 3.00. The van der Waals surface area contributed by atoms with Gasteiger partial charge in [-0.15, -0.1) is 0 Å². The molecule has 11 heavy (non-hydrogen) atoms. The van der Waals surface area contributed by atoms with E-state index in [1.165, 1.54) is 0 Å². The molecule has 5 heteroatoms. The lowest BCUT2D eigenvalue weighted by molar-refractivity contribution is -0.189. The van der Waals surface area contributed by atoms with Crippen molar-refractivity contribution in [3.05, 3.63) is 0 Å². The number of carboxylic acids is 1. The molecule has 1 unspecified atom stereocenters. The highest BCUT2D eigenvalue weighted by molar-refractivity contribution is 5.79. The van der Waals surface area contributed by atoms with Gasteiger partial charge in [-0.3, -0.25) is 0 Å². The number of hydrogen-bond acceptors (Lipinski definition) is 3. The number of halogens is 1. The zero-order valence-corrected chi connectivity index (χ0v) is 6.33. The quantitative estimate of drug-likeness (QED) is 0.530. The van der Waals surface area contributed by atoms with E-state index in [-0.39, 0.29) is 0 Å². The summed E-state index contributed by atoms with van der Waals surface area (Å²) in [6, 6.07) is 0. The van der Waals surface area contributed by atoms with Gasteiger partial charge in [0.25, 0.3) is 0 Å². The van der Waals surface area contributed by atoms with Crippen molar-refractivity contribution in [3.8, 4) is 0 Å². The number of carboxylic acid groups (broad SMARTS) is 1. The smallest absolute Gasteiger partial charge is 0.341 e. The Bertz CT molecular complexity index is 162. The summed E-state index contributed by atoms with van der Waals surface area (Å²) >= 11 is 0. The van der Waals surface area contributed by atoms with Gasteiger partial charge in [0.2, 0.25) is 5.60 Å². The summed E-state index contributed by atoms with van der Waals surface area (Å²) in [7, 11) is 0. The molecule has 0 spiro atoms. The van der Waals surface area contributed by atoms with Crippen molar-refractivity contribution < 1.29 is 24.5 Å². The molecule has 0 amide bonds. The fraction of sp³-hybridized carbons (Fsp3) is 0.833. The first kappa shape index (κ1) is 10.3. The molecular weight excluding hydrogens is 155 g/mol. The van der Waals surface area contributed by atoms with E-state index >= 15 is 0 Å². The van der Waals surface area contributed by atoms with Crippen molar-refractivity contribution in [3.63, 3.8) is 0 Å². The Morgan fingerprint density at radius 1 is 1.45 bits per heavy atom. The first-order valence-electron chi connectivity index (χ1n) is 3.00. The molecule has 0 aromatic rings. The molecule has 3 N–H and O–H groups in total. The van der Waals surface area contributed by atoms with E-state index in [0.717, 1.165) is 13.8 Å². The predicted octanol–water partition coefficient (Wildman–Crippen LogP) is -0.458. The summed E-state index contributed by atoms with van der Waals surface area (Å²) in [5, 5.41) is 26.4. The lowest BCUT2D eigenvalue weighted by atomic mass is 9.87. The molecule has 1 atom stereocenters. The van der Waals surface area contributed by atoms with Crippen LogP contribution in [0.5, 0.6) is 0 Å². The summed E-state index contributed by atoms with van der Waals surface area (Å²) in [4.78, 5) is 10.2. The van der Waals surface area contributed by atoms with Crippen LogP contribution in [0.4, 0.5) is 4.39 Å². The Labute approximate surface area is 63.3 Å². The van der Waals surface area contributed by atoms with E-state index in [0.29, 0.717) is 0 Å². The standard InChI is InChI=1S/C6H11FO4/c1-5(2,10)6(11,3-7)4(8)9/h10-11H,3H2,1-2H3,(H,8,9).